The topological polar surface area (TPSA) is 92.1 Å². The van der Waals surface area contributed by atoms with Crippen molar-refractivity contribution in [3.63, 3.8) is 0 Å². The van der Waals surface area contributed by atoms with Crippen LogP contribution in [0.5, 0.6) is 0 Å². The van der Waals surface area contributed by atoms with Crippen LogP contribution in [0.25, 0.3) is 22.4 Å². The average molecular weight is 416 g/mol. The van der Waals surface area contributed by atoms with E-state index >= 15 is 0 Å². The molecule has 0 spiro atoms. The second kappa shape index (κ2) is 7.31. The van der Waals surface area contributed by atoms with E-state index in [0.717, 1.165) is 27.8 Å². The molecule has 1 saturated heterocycles. The molecule has 0 saturated carbocycles. The number of imidazole rings is 1. The summed E-state index contributed by atoms with van der Waals surface area (Å²) in [5, 5.41) is 10.7. The zero-order valence-corrected chi connectivity index (χ0v) is 16.5. The van der Waals surface area contributed by atoms with Gasteiger partial charge in [0.05, 0.1) is 27.4 Å². The highest BCUT2D eigenvalue weighted by molar-refractivity contribution is 8.00. The SMILES string of the molecule is O=C1CSC(c2ccc([N+](=O)[O-])cc2)N1c1ccccc1-c1nc2ccccc2[nH]1. The molecule has 4 aromatic rings. The number of rotatable bonds is 4. The highest BCUT2D eigenvalue weighted by Crippen LogP contribution is 2.44. The molecular formula is C22H16N4O3S. The molecule has 1 unspecified atom stereocenters. The van der Waals surface area contributed by atoms with Crippen LogP contribution in [-0.4, -0.2) is 26.6 Å². The zero-order valence-electron chi connectivity index (χ0n) is 15.7. The molecule has 1 amide bonds. The van der Waals surface area contributed by atoms with Gasteiger partial charge < -0.3 is 4.98 Å². The maximum Gasteiger partial charge on any atom is 0.269 e. The third kappa shape index (κ3) is 3.11. The van der Waals surface area contributed by atoms with Crippen molar-refractivity contribution in [3.05, 3.63) is 88.5 Å². The van der Waals surface area contributed by atoms with Gasteiger partial charge in [0, 0.05) is 17.7 Å². The minimum atomic E-state index is -0.425. The minimum Gasteiger partial charge on any atom is -0.338 e. The first kappa shape index (κ1) is 18.4. The summed E-state index contributed by atoms with van der Waals surface area (Å²) in [5.41, 5.74) is 4.25. The first-order valence-corrected chi connectivity index (χ1v) is 10.4. The highest BCUT2D eigenvalue weighted by atomic mass is 32.2. The maximum absolute atomic E-state index is 12.9. The normalized spacial score (nSPS) is 16.3. The Morgan fingerprint density at radius 2 is 1.77 bits per heavy atom. The molecule has 2 heterocycles. The standard InChI is InChI=1S/C22H16N4O3S/c27-20-13-30-22(14-9-11-15(12-10-14)26(28)29)25(20)19-8-4-1-5-16(19)21-23-17-6-2-3-7-18(17)24-21/h1-12,22H,13H2,(H,23,24). The fraction of sp³-hybridized carbons (Fsp3) is 0.0909. The molecule has 1 aliphatic heterocycles. The second-order valence-electron chi connectivity index (χ2n) is 6.90. The first-order valence-electron chi connectivity index (χ1n) is 9.34. The Hall–Kier alpha value is -3.65. The van der Waals surface area contributed by atoms with Crippen molar-refractivity contribution < 1.29 is 9.72 Å². The molecule has 0 radical (unpaired) electrons. The van der Waals surface area contributed by atoms with Crippen LogP contribution in [-0.2, 0) is 4.79 Å². The van der Waals surface area contributed by atoms with Gasteiger partial charge in [-0.3, -0.25) is 19.8 Å². The van der Waals surface area contributed by atoms with Crippen LogP contribution in [0.3, 0.4) is 0 Å². The van der Waals surface area contributed by atoms with E-state index in [9.17, 15) is 14.9 Å². The average Bonchev–Trinajstić information content (AvgIpc) is 3.37. The zero-order chi connectivity index (χ0) is 20.7. The Morgan fingerprint density at radius 3 is 2.53 bits per heavy atom. The van der Waals surface area contributed by atoms with E-state index in [1.54, 1.807) is 17.0 Å². The number of nitrogens with zero attached hydrogens (tertiary/aromatic N) is 3. The molecule has 1 fully saturated rings. The summed E-state index contributed by atoms with van der Waals surface area (Å²) in [6.07, 6.45) is 0. The number of carbonyl (C=O) groups is 1. The third-order valence-electron chi connectivity index (χ3n) is 5.07. The summed E-state index contributed by atoms with van der Waals surface area (Å²) < 4.78 is 0. The van der Waals surface area contributed by atoms with Gasteiger partial charge in [0.15, 0.2) is 0 Å². The number of nitro benzene ring substituents is 1. The van der Waals surface area contributed by atoms with E-state index < -0.39 is 4.92 Å². The number of nitrogens with one attached hydrogen (secondary N) is 1. The third-order valence-corrected chi connectivity index (χ3v) is 6.28. The van der Waals surface area contributed by atoms with E-state index in [2.05, 4.69) is 4.98 Å². The van der Waals surface area contributed by atoms with Crippen LogP contribution in [0.4, 0.5) is 11.4 Å². The Balaban J connectivity index is 1.58. The number of anilines is 1. The van der Waals surface area contributed by atoms with E-state index in [4.69, 9.17) is 4.98 Å². The lowest BCUT2D eigenvalue weighted by atomic mass is 10.1. The molecule has 0 bridgehead atoms. The molecule has 0 aliphatic carbocycles. The number of nitro groups is 1. The Labute approximate surface area is 175 Å². The number of thioether (sulfide) groups is 1. The second-order valence-corrected chi connectivity index (χ2v) is 7.96. The molecule has 1 aliphatic rings. The van der Waals surface area contributed by atoms with Gasteiger partial charge in [-0.25, -0.2) is 4.98 Å². The highest BCUT2D eigenvalue weighted by Gasteiger charge is 2.35. The quantitative estimate of drug-likeness (QED) is 0.377. The van der Waals surface area contributed by atoms with Crippen molar-refractivity contribution in [3.8, 4) is 11.4 Å². The monoisotopic (exact) mass is 416 g/mol. The van der Waals surface area contributed by atoms with Gasteiger partial charge in [-0.05, 0) is 42.0 Å². The number of amides is 1. The van der Waals surface area contributed by atoms with Crippen LogP contribution >= 0.6 is 11.8 Å². The summed E-state index contributed by atoms with van der Waals surface area (Å²) in [6, 6.07) is 21.8. The summed E-state index contributed by atoms with van der Waals surface area (Å²) in [5.74, 6) is 1.03. The van der Waals surface area contributed by atoms with Crippen molar-refractivity contribution in [2.75, 3.05) is 10.7 Å². The molecule has 7 nitrogen and oxygen atoms in total. The molecule has 1 aromatic heterocycles. The molecule has 148 valence electrons. The molecule has 3 aromatic carbocycles. The molecule has 30 heavy (non-hydrogen) atoms. The lowest BCUT2D eigenvalue weighted by Crippen LogP contribution is -2.28. The fourth-order valence-electron chi connectivity index (χ4n) is 3.66. The number of aromatic amines is 1. The van der Waals surface area contributed by atoms with E-state index in [0.29, 0.717) is 11.6 Å². The number of carbonyl (C=O) groups excluding carboxylic acids is 1. The number of para-hydroxylation sites is 3. The van der Waals surface area contributed by atoms with Gasteiger partial charge in [-0.2, -0.15) is 0 Å². The van der Waals surface area contributed by atoms with Crippen molar-refractivity contribution in [1.29, 1.82) is 0 Å². The molecule has 8 heteroatoms. The fourth-order valence-corrected chi connectivity index (χ4v) is 4.83. The van der Waals surface area contributed by atoms with Crippen molar-refractivity contribution >= 4 is 40.1 Å². The van der Waals surface area contributed by atoms with Crippen molar-refractivity contribution in [2.24, 2.45) is 0 Å². The van der Waals surface area contributed by atoms with Crippen LogP contribution in [0, 0.1) is 10.1 Å². The smallest absolute Gasteiger partial charge is 0.269 e. The number of non-ortho nitro benzene ring substituents is 1. The van der Waals surface area contributed by atoms with Gasteiger partial charge in [-0.1, -0.05) is 24.3 Å². The number of H-pyrrole nitrogens is 1. The molecule has 1 atom stereocenters. The summed E-state index contributed by atoms with van der Waals surface area (Å²) in [7, 11) is 0. The molecule has 1 N–H and O–H groups in total. The Morgan fingerprint density at radius 1 is 1.03 bits per heavy atom. The van der Waals surface area contributed by atoms with E-state index in [1.165, 1.54) is 23.9 Å². The number of fused-ring (bicyclic) bond motifs is 1. The van der Waals surface area contributed by atoms with E-state index in [1.807, 2.05) is 48.5 Å². The predicted molar refractivity (Wildman–Crippen MR) is 117 cm³/mol. The predicted octanol–water partition coefficient (Wildman–Crippen LogP) is 4.92. The minimum absolute atomic E-state index is 0.00749. The van der Waals surface area contributed by atoms with Crippen LogP contribution in [0.2, 0.25) is 0 Å². The van der Waals surface area contributed by atoms with Crippen molar-refractivity contribution in [1.82, 2.24) is 9.97 Å². The van der Waals surface area contributed by atoms with Gasteiger partial charge >= 0.3 is 0 Å². The number of aromatic nitrogens is 2. The Bertz CT molecular complexity index is 1240. The van der Waals surface area contributed by atoms with Crippen LogP contribution < -0.4 is 4.90 Å². The molecule has 5 rings (SSSR count). The number of hydrogen-bond donors (Lipinski definition) is 1. The Kier molecular flexibility index (Phi) is 4.48. The van der Waals surface area contributed by atoms with E-state index in [-0.39, 0.29) is 17.0 Å². The number of benzene rings is 3. The summed E-state index contributed by atoms with van der Waals surface area (Å²) in [4.78, 5) is 33.2. The number of hydrogen-bond acceptors (Lipinski definition) is 5. The maximum atomic E-state index is 12.9. The van der Waals surface area contributed by atoms with Crippen molar-refractivity contribution in [2.45, 2.75) is 5.37 Å². The van der Waals surface area contributed by atoms with Crippen LogP contribution in [0.1, 0.15) is 10.9 Å². The lowest BCUT2D eigenvalue weighted by molar-refractivity contribution is -0.384. The van der Waals surface area contributed by atoms with Gasteiger partial charge in [0.25, 0.3) is 5.69 Å². The van der Waals surface area contributed by atoms with Gasteiger partial charge in [0.1, 0.15) is 11.2 Å². The largest absolute Gasteiger partial charge is 0.338 e. The lowest BCUT2D eigenvalue weighted by Gasteiger charge is -2.26. The first-order chi connectivity index (χ1) is 14.6. The molecular weight excluding hydrogens is 400 g/mol. The summed E-state index contributed by atoms with van der Waals surface area (Å²) in [6.45, 7) is 0. The van der Waals surface area contributed by atoms with Gasteiger partial charge in [0.2, 0.25) is 5.91 Å². The van der Waals surface area contributed by atoms with Gasteiger partial charge in [-0.15, -0.1) is 11.8 Å². The van der Waals surface area contributed by atoms with Crippen LogP contribution in [0.15, 0.2) is 72.8 Å². The summed E-state index contributed by atoms with van der Waals surface area (Å²) >= 11 is 1.51.